The lowest BCUT2D eigenvalue weighted by Crippen LogP contribution is -2.50. The van der Waals surface area contributed by atoms with Gasteiger partial charge in [0.15, 0.2) is 4.96 Å². The van der Waals surface area contributed by atoms with Gasteiger partial charge < -0.3 is 4.90 Å². The molecule has 152 valence electrons. The van der Waals surface area contributed by atoms with E-state index in [0.717, 1.165) is 23.7 Å². The number of rotatable bonds is 4. The summed E-state index contributed by atoms with van der Waals surface area (Å²) in [5.41, 5.74) is 4.22. The number of thiazole rings is 1. The summed E-state index contributed by atoms with van der Waals surface area (Å²) in [5.74, 6) is 0.0286. The van der Waals surface area contributed by atoms with E-state index in [-0.39, 0.29) is 11.9 Å². The highest BCUT2D eigenvalue weighted by Gasteiger charge is 2.29. The summed E-state index contributed by atoms with van der Waals surface area (Å²) < 4.78 is 2.00. The molecule has 0 radical (unpaired) electrons. The highest BCUT2D eigenvalue weighted by molar-refractivity contribution is 7.15. The normalized spacial score (nSPS) is 15.2. The average Bonchev–Trinajstić information content (AvgIpc) is 3.38. The standard InChI is InChI=1S/C24H24N4OS/c1-18-17-30-24-25-21(16-28(18)24)23(29)27-14-12-26(13-15-27)22(19-8-4-2-5-9-19)20-10-6-3-7-11-20/h2-11,16-17,22H,12-15H2,1H3. The van der Waals surface area contributed by atoms with E-state index in [1.807, 2.05) is 22.4 Å². The Kier molecular flexibility index (Phi) is 5.11. The summed E-state index contributed by atoms with van der Waals surface area (Å²) in [6.07, 6.45) is 1.87. The maximum Gasteiger partial charge on any atom is 0.274 e. The molecular formula is C24H24N4OS. The molecule has 0 unspecified atom stereocenters. The fourth-order valence-electron chi connectivity index (χ4n) is 4.23. The maximum atomic E-state index is 13.0. The third kappa shape index (κ3) is 3.53. The molecule has 1 saturated heterocycles. The number of aryl methyl sites for hydroxylation is 1. The van der Waals surface area contributed by atoms with Gasteiger partial charge in [0.25, 0.3) is 5.91 Å². The minimum absolute atomic E-state index is 0.0286. The minimum Gasteiger partial charge on any atom is -0.335 e. The van der Waals surface area contributed by atoms with Crippen molar-refractivity contribution in [1.29, 1.82) is 0 Å². The first-order chi connectivity index (χ1) is 14.7. The third-order valence-corrected chi connectivity index (χ3v) is 6.76. The number of nitrogens with zero attached hydrogens (tertiary/aromatic N) is 4. The summed E-state index contributed by atoms with van der Waals surface area (Å²) in [5, 5.41) is 2.06. The van der Waals surface area contributed by atoms with E-state index in [4.69, 9.17) is 0 Å². The molecule has 1 amide bonds. The first kappa shape index (κ1) is 19.0. The number of aromatic nitrogens is 2. The van der Waals surface area contributed by atoms with E-state index in [1.165, 1.54) is 11.1 Å². The Morgan fingerprint density at radius 3 is 2.10 bits per heavy atom. The second-order valence-electron chi connectivity index (χ2n) is 7.71. The number of imidazole rings is 1. The maximum absolute atomic E-state index is 13.0. The minimum atomic E-state index is 0.0286. The third-order valence-electron chi connectivity index (χ3n) is 5.80. The number of carbonyl (C=O) groups is 1. The Hall–Kier alpha value is -2.96. The second kappa shape index (κ2) is 8.05. The summed E-state index contributed by atoms with van der Waals surface area (Å²) in [6, 6.07) is 21.4. The van der Waals surface area contributed by atoms with Crippen LogP contribution in [0.3, 0.4) is 0 Å². The summed E-state index contributed by atoms with van der Waals surface area (Å²) >= 11 is 1.57. The summed E-state index contributed by atoms with van der Waals surface area (Å²) in [4.78, 5) is 22.9. The quantitative estimate of drug-likeness (QED) is 0.499. The molecule has 0 atom stereocenters. The zero-order chi connectivity index (χ0) is 20.5. The molecule has 2 aromatic heterocycles. The molecule has 4 aromatic rings. The van der Waals surface area contributed by atoms with Crippen LogP contribution in [0.25, 0.3) is 4.96 Å². The van der Waals surface area contributed by atoms with Crippen molar-refractivity contribution in [2.24, 2.45) is 0 Å². The van der Waals surface area contributed by atoms with Crippen LogP contribution >= 0.6 is 11.3 Å². The second-order valence-corrected chi connectivity index (χ2v) is 8.54. The zero-order valence-corrected chi connectivity index (χ0v) is 17.8. The van der Waals surface area contributed by atoms with Crippen LogP contribution in [0.1, 0.15) is 33.4 Å². The Labute approximate surface area is 180 Å². The van der Waals surface area contributed by atoms with E-state index in [1.54, 1.807) is 11.3 Å². The zero-order valence-electron chi connectivity index (χ0n) is 16.9. The lowest BCUT2D eigenvalue weighted by atomic mass is 9.96. The molecule has 5 rings (SSSR count). The van der Waals surface area contributed by atoms with Gasteiger partial charge in [-0.05, 0) is 18.1 Å². The molecule has 5 nitrogen and oxygen atoms in total. The van der Waals surface area contributed by atoms with Gasteiger partial charge >= 0.3 is 0 Å². The molecule has 1 aliphatic heterocycles. The molecule has 0 saturated carbocycles. The molecule has 0 N–H and O–H groups in total. The van der Waals surface area contributed by atoms with Crippen LogP contribution in [-0.2, 0) is 0 Å². The lowest BCUT2D eigenvalue weighted by molar-refractivity contribution is 0.0592. The van der Waals surface area contributed by atoms with Gasteiger partial charge in [-0.1, -0.05) is 60.7 Å². The van der Waals surface area contributed by atoms with Crippen LogP contribution in [-0.4, -0.2) is 51.3 Å². The van der Waals surface area contributed by atoms with Crippen LogP contribution in [0.15, 0.2) is 72.2 Å². The number of benzene rings is 2. The topological polar surface area (TPSA) is 40.9 Å². The Morgan fingerprint density at radius 2 is 1.53 bits per heavy atom. The number of piperazine rings is 1. The van der Waals surface area contributed by atoms with Crippen LogP contribution in [0, 0.1) is 6.92 Å². The number of carbonyl (C=O) groups excluding carboxylic acids is 1. The van der Waals surface area contributed by atoms with E-state index in [9.17, 15) is 4.79 Å². The van der Waals surface area contributed by atoms with Crippen molar-refractivity contribution in [1.82, 2.24) is 19.2 Å². The number of fused-ring (bicyclic) bond motifs is 1. The molecule has 3 heterocycles. The fraction of sp³-hybridized carbons (Fsp3) is 0.250. The van der Waals surface area contributed by atoms with Gasteiger partial charge in [0.1, 0.15) is 5.69 Å². The first-order valence-corrected chi connectivity index (χ1v) is 11.1. The van der Waals surface area contributed by atoms with Crippen molar-refractivity contribution in [3.05, 3.63) is 94.8 Å². The fourth-order valence-corrected chi connectivity index (χ4v) is 5.08. The predicted molar refractivity (Wildman–Crippen MR) is 120 cm³/mol. The largest absolute Gasteiger partial charge is 0.335 e. The van der Waals surface area contributed by atoms with Crippen LogP contribution in [0.4, 0.5) is 0 Å². The van der Waals surface area contributed by atoms with Crippen LogP contribution in [0.5, 0.6) is 0 Å². The molecule has 0 bridgehead atoms. The monoisotopic (exact) mass is 416 g/mol. The van der Waals surface area contributed by atoms with Crippen LogP contribution < -0.4 is 0 Å². The molecule has 0 spiro atoms. The van der Waals surface area contributed by atoms with Gasteiger partial charge in [-0.2, -0.15) is 0 Å². The highest BCUT2D eigenvalue weighted by Crippen LogP contribution is 2.29. The molecule has 0 aliphatic carbocycles. The average molecular weight is 417 g/mol. The lowest BCUT2D eigenvalue weighted by Gasteiger charge is -2.39. The van der Waals surface area contributed by atoms with E-state index < -0.39 is 0 Å². The van der Waals surface area contributed by atoms with Gasteiger partial charge in [0, 0.05) is 43.4 Å². The van der Waals surface area contributed by atoms with Gasteiger partial charge in [-0.3, -0.25) is 14.1 Å². The molecular weight excluding hydrogens is 392 g/mol. The van der Waals surface area contributed by atoms with E-state index in [2.05, 4.69) is 75.9 Å². The molecule has 6 heteroatoms. The Balaban J connectivity index is 1.34. The Bertz CT molecular complexity index is 1100. The van der Waals surface area contributed by atoms with E-state index >= 15 is 0 Å². The summed E-state index contributed by atoms with van der Waals surface area (Å²) in [6.45, 7) is 5.12. The van der Waals surface area contributed by atoms with Gasteiger partial charge in [-0.25, -0.2) is 4.98 Å². The Morgan fingerprint density at radius 1 is 0.933 bits per heavy atom. The molecule has 1 aliphatic rings. The van der Waals surface area contributed by atoms with Crippen molar-refractivity contribution in [2.75, 3.05) is 26.2 Å². The van der Waals surface area contributed by atoms with Crippen LogP contribution in [0.2, 0.25) is 0 Å². The molecule has 2 aromatic carbocycles. The van der Waals surface area contributed by atoms with Crippen molar-refractivity contribution >= 4 is 22.2 Å². The smallest absolute Gasteiger partial charge is 0.274 e. The number of amides is 1. The number of hydrogen-bond donors (Lipinski definition) is 0. The molecule has 30 heavy (non-hydrogen) atoms. The predicted octanol–water partition coefficient (Wildman–Crippen LogP) is 4.25. The van der Waals surface area contributed by atoms with Gasteiger partial charge in [0.05, 0.1) is 6.04 Å². The van der Waals surface area contributed by atoms with Gasteiger partial charge in [0.2, 0.25) is 0 Å². The summed E-state index contributed by atoms with van der Waals surface area (Å²) in [7, 11) is 0. The first-order valence-electron chi connectivity index (χ1n) is 10.3. The number of hydrogen-bond acceptors (Lipinski definition) is 4. The highest BCUT2D eigenvalue weighted by atomic mass is 32.1. The van der Waals surface area contributed by atoms with Crippen molar-refractivity contribution in [3.8, 4) is 0 Å². The van der Waals surface area contributed by atoms with Crippen molar-refractivity contribution in [3.63, 3.8) is 0 Å². The van der Waals surface area contributed by atoms with E-state index in [0.29, 0.717) is 18.8 Å². The molecule has 1 fully saturated rings. The SMILES string of the molecule is Cc1csc2nc(C(=O)N3CCN(C(c4ccccc4)c4ccccc4)CC3)cn12. The van der Waals surface area contributed by atoms with Gasteiger partial charge in [-0.15, -0.1) is 11.3 Å². The van der Waals surface area contributed by atoms with Crippen molar-refractivity contribution < 1.29 is 4.79 Å². The van der Waals surface area contributed by atoms with Crippen molar-refractivity contribution in [2.45, 2.75) is 13.0 Å².